The average Bonchev–Trinajstić information content (AvgIpc) is 3.10. The molecule has 2 aliphatic carbocycles. The minimum atomic E-state index is -0.278. The summed E-state index contributed by atoms with van der Waals surface area (Å²) in [5.74, 6) is 1.65. The average molecular weight is 342 g/mol. The van der Waals surface area contributed by atoms with Gasteiger partial charge in [-0.2, -0.15) is 5.10 Å². The van der Waals surface area contributed by atoms with Crippen LogP contribution in [0.5, 0.6) is 0 Å². The Morgan fingerprint density at radius 2 is 2.32 bits per heavy atom. The summed E-state index contributed by atoms with van der Waals surface area (Å²) in [7, 11) is 0. The largest absolute Gasteiger partial charge is 0.394 e. The predicted octanol–water partition coefficient (Wildman–Crippen LogP) is 2.26. The molecule has 0 bridgehead atoms. The van der Waals surface area contributed by atoms with Crippen molar-refractivity contribution in [3.8, 4) is 0 Å². The maximum atomic E-state index is 12.8. The number of nitrogens with one attached hydrogen (secondary N) is 1. The lowest BCUT2D eigenvalue weighted by Gasteiger charge is -2.19. The molecule has 1 aromatic heterocycles. The van der Waals surface area contributed by atoms with Crippen molar-refractivity contribution in [3.63, 3.8) is 0 Å². The minimum absolute atomic E-state index is 0.0851. The molecule has 0 saturated heterocycles. The molecule has 3 rings (SSSR count). The van der Waals surface area contributed by atoms with Crippen LogP contribution < -0.4 is 5.32 Å². The van der Waals surface area contributed by atoms with Gasteiger partial charge < -0.3 is 10.4 Å². The molecule has 1 fully saturated rings. The molecule has 3 atom stereocenters. The van der Waals surface area contributed by atoms with Gasteiger partial charge in [-0.3, -0.25) is 4.79 Å². The van der Waals surface area contributed by atoms with E-state index in [1.165, 1.54) is 0 Å². The third kappa shape index (κ3) is 3.18. The Morgan fingerprint density at radius 3 is 2.92 bits per heavy atom. The fourth-order valence-corrected chi connectivity index (χ4v) is 3.48. The van der Waals surface area contributed by atoms with E-state index in [2.05, 4.69) is 22.0 Å². The van der Waals surface area contributed by atoms with Gasteiger partial charge in [0.15, 0.2) is 11.5 Å². The molecule has 25 heavy (non-hydrogen) atoms. The van der Waals surface area contributed by atoms with Gasteiger partial charge in [-0.1, -0.05) is 26.5 Å². The number of fused-ring (bicyclic) bond motifs is 3. The molecule has 0 aliphatic heterocycles. The molecular formula is C19H26N4O2. The highest BCUT2D eigenvalue weighted by molar-refractivity contribution is 5.99. The number of carbonyl (C=O) groups excluding carboxylic acids is 1. The van der Waals surface area contributed by atoms with Gasteiger partial charge in [-0.25, -0.2) is 9.67 Å². The maximum absolute atomic E-state index is 12.8. The second kappa shape index (κ2) is 6.96. The Morgan fingerprint density at radius 1 is 1.56 bits per heavy atom. The zero-order valence-electron chi connectivity index (χ0n) is 15.1. The lowest BCUT2D eigenvalue weighted by Crippen LogP contribution is -2.41. The molecule has 1 amide bonds. The van der Waals surface area contributed by atoms with Crippen LogP contribution in [0.4, 0.5) is 0 Å². The van der Waals surface area contributed by atoms with E-state index < -0.39 is 0 Å². The van der Waals surface area contributed by atoms with Crippen molar-refractivity contribution >= 4 is 11.7 Å². The fraction of sp³-hybridized carbons (Fsp3) is 0.526. The van der Waals surface area contributed by atoms with Crippen LogP contribution in [0.2, 0.25) is 0 Å². The SMILES string of the molecule is C=C/C(=N\C=C/C)n1nc(C(=O)N[C@H](CO)C(C)C)c2c1[C@H]1C[C@H]1C2. The van der Waals surface area contributed by atoms with E-state index in [9.17, 15) is 9.90 Å². The molecule has 0 unspecified atom stereocenters. The summed E-state index contributed by atoms with van der Waals surface area (Å²) in [6.45, 7) is 9.59. The van der Waals surface area contributed by atoms with Gasteiger partial charge in [0.1, 0.15) is 0 Å². The number of aromatic nitrogens is 2. The second-order valence-electron chi connectivity index (χ2n) is 7.11. The summed E-state index contributed by atoms with van der Waals surface area (Å²) in [6.07, 6.45) is 7.25. The highest BCUT2D eigenvalue weighted by atomic mass is 16.3. The van der Waals surface area contributed by atoms with Crippen molar-refractivity contribution in [2.45, 2.75) is 45.6 Å². The van der Waals surface area contributed by atoms with Crippen LogP contribution in [0.15, 0.2) is 29.9 Å². The van der Waals surface area contributed by atoms with E-state index in [0.29, 0.717) is 23.4 Å². The minimum Gasteiger partial charge on any atom is -0.394 e. The van der Waals surface area contributed by atoms with E-state index in [4.69, 9.17) is 0 Å². The van der Waals surface area contributed by atoms with Crippen molar-refractivity contribution in [2.75, 3.05) is 6.61 Å². The number of carbonyl (C=O) groups is 1. The third-order valence-electron chi connectivity index (χ3n) is 5.05. The molecule has 1 saturated carbocycles. The van der Waals surface area contributed by atoms with E-state index >= 15 is 0 Å². The van der Waals surface area contributed by atoms with E-state index in [0.717, 1.165) is 24.1 Å². The molecule has 2 aliphatic rings. The zero-order valence-corrected chi connectivity index (χ0v) is 15.1. The van der Waals surface area contributed by atoms with Gasteiger partial charge in [0.05, 0.1) is 18.3 Å². The van der Waals surface area contributed by atoms with Crippen LogP contribution in [-0.4, -0.2) is 39.3 Å². The Hall–Kier alpha value is -2.21. The second-order valence-corrected chi connectivity index (χ2v) is 7.11. The van der Waals surface area contributed by atoms with Crippen LogP contribution in [0.3, 0.4) is 0 Å². The van der Waals surface area contributed by atoms with E-state index in [1.54, 1.807) is 17.0 Å². The number of nitrogens with zero attached hydrogens (tertiary/aromatic N) is 3. The summed E-state index contributed by atoms with van der Waals surface area (Å²) in [5, 5.41) is 17.0. The molecule has 1 heterocycles. The fourth-order valence-electron chi connectivity index (χ4n) is 3.48. The first-order valence-electron chi connectivity index (χ1n) is 8.87. The molecule has 134 valence electrons. The first-order valence-corrected chi connectivity index (χ1v) is 8.87. The van der Waals surface area contributed by atoms with Gasteiger partial charge in [-0.05, 0) is 37.7 Å². The molecule has 0 radical (unpaired) electrons. The van der Waals surface area contributed by atoms with Gasteiger partial charge in [-0.15, -0.1) is 0 Å². The topological polar surface area (TPSA) is 79.5 Å². The van der Waals surface area contributed by atoms with Crippen LogP contribution in [0, 0.1) is 11.8 Å². The first kappa shape index (κ1) is 17.6. The van der Waals surface area contributed by atoms with Crippen molar-refractivity contribution in [1.29, 1.82) is 0 Å². The Balaban J connectivity index is 1.97. The third-order valence-corrected chi connectivity index (χ3v) is 5.05. The quantitative estimate of drug-likeness (QED) is 0.615. The predicted molar refractivity (Wildman–Crippen MR) is 97.8 cm³/mol. The highest BCUT2D eigenvalue weighted by Crippen LogP contribution is 2.56. The molecule has 0 aromatic carbocycles. The summed E-state index contributed by atoms with van der Waals surface area (Å²) < 4.78 is 1.78. The van der Waals surface area contributed by atoms with Gasteiger partial charge in [0.25, 0.3) is 5.91 Å². The van der Waals surface area contributed by atoms with Crippen LogP contribution >= 0.6 is 0 Å². The number of hydrogen-bond acceptors (Lipinski definition) is 4. The van der Waals surface area contributed by atoms with Gasteiger partial charge in [0.2, 0.25) is 0 Å². The number of aliphatic hydroxyl groups excluding tert-OH is 1. The molecule has 1 aromatic rings. The Kier molecular flexibility index (Phi) is 4.90. The molecule has 6 nitrogen and oxygen atoms in total. The molecule has 2 N–H and O–H groups in total. The summed E-state index contributed by atoms with van der Waals surface area (Å²) in [4.78, 5) is 17.1. The Labute approximate surface area is 148 Å². The normalized spacial score (nSPS) is 22.8. The monoisotopic (exact) mass is 342 g/mol. The number of amides is 1. The number of allylic oxidation sites excluding steroid dienone is 2. The lowest BCUT2D eigenvalue weighted by molar-refractivity contribution is 0.0890. The van der Waals surface area contributed by atoms with Crippen LogP contribution in [0.1, 0.15) is 54.9 Å². The van der Waals surface area contributed by atoms with E-state index in [1.807, 2.05) is 26.8 Å². The van der Waals surface area contributed by atoms with Crippen molar-refractivity contribution in [1.82, 2.24) is 15.1 Å². The van der Waals surface area contributed by atoms with Gasteiger partial charge >= 0.3 is 0 Å². The Bertz CT molecular complexity index is 745. The van der Waals surface area contributed by atoms with Crippen molar-refractivity contribution < 1.29 is 9.90 Å². The number of rotatable bonds is 6. The van der Waals surface area contributed by atoms with Crippen molar-refractivity contribution in [2.24, 2.45) is 16.8 Å². The lowest BCUT2D eigenvalue weighted by atomic mass is 10.0. The molecule has 6 heteroatoms. The van der Waals surface area contributed by atoms with Crippen molar-refractivity contribution in [3.05, 3.63) is 41.9 Å². The first-order chi connectivity index (χ1) is 12.0. The number of aliphatic hydroxyl groups is 1. The summed E-state index contributed by atoms with van der Waals surface area (Å²) in [5.41, 5.74) is 2.58. The van der Waals surface area contributed by atoms with Crippen LogP contribution in [0.25, 0.3) is 0 Å². The molecular weight excluding hydrogens is 316 g/mol. The summed E-state index contributed by atoms with van der Waals surface area (Å²) >= 11 is 0. The maximum Gasteiger partial charge on any atom is 0.272 e. The summed E-state index contributed by atoms with van der Waals surface area (Å²) in [6, 6.07) is -0.278. The van der Waals surface area contributed by atoms with Gasteiger partial charge in [0, 0.05) is 17.7 Å². The standard InChI is InChI=1S/C19H26N4O2/c1-5-7-20-16(6-2)23-18-13-8-12(13)9-14(18)17(22-23)19(25)21-15(10-24)11(3)4/h5-7,11-13,15,24H,2,8-10H2,1,3-4H3,(H,21,25)/b7-5-,20-16+/t12-,13-,15+/m0/s1. The smallest absolute Gasteiger partial charge is 0.272 e. The van der Waals surface area contributed by atoms with E-state index in [-0.39, 0.29) is 24.5 Å². The zero-order chi connectivity index (χ0) is 18.1. The number of aliphatic imine (C=N–C) groups is 1. The van der Waals surface area contributed by atoms with Crippen LogP contribution in [-0.2, 0) is 6.42 Å². The number of hydrogen-bond donors (Lipinski definition) is 2. The molecule has 0 spiro atoms. The highest BCUT2D eigenvalue weighted by Gasteiger charge is 2.50.